The van der Waals surface area contributed by atoms with E-state index in [-0.39, 0.29) is 10.6 Å². The maximum atomic E-state index is 15.3. The van der Waals surface area contributed by atoms with Crippen LogP contribution in [0.4, 0.5) is 10.2 Å². The van der Waals surface area contributed by atoms with Gasteiger partial charge in [0, 0.05) is 56.6 Å². The average Bonchev–Trinajstić information content (AvgIpc) is 2.88. The zero-order valence-electron chi connectivity index (χ0n) is 20.0. The summed E-state index contributed by atoms with van der Waals surface area (Å²) in [5.41, 5.74) is 13.9. The maximum absolute atomic E-state index is 15.3. The summed E-state index contributed by atoms with van der Waals surface area (Å²) in [4.78, 5) is 29.6. The molecule has 0 saturated carbocycles. The first-order chi connectivity index (χ1) is 17.4. The lowest BCUT2D eigenvalue weighted by Gasteiger charge is -2.34. The molecule has 0 unspecified atom stereocenters. The highest BCUT2D eigenvalue weighted by atomic mass is 35.5. The molecule has 0 spiro atoms. The monoisotopic (exact) mass is 507 g/mol. The second kappa shape index (κ2) is 11.4. The summed E-state index contributed by atoms with van der Waals surface area (Å²) < 4.78 is 15.3. The third-order valence-corrected chi connectivity index (χ3v) is 6.31. The first-order valence-electron chi connectivity index (χ1n) is 11.7. The molecule has 1 amide bonds. The van der Waals surface area contributed by atoms with E-state index in [9.17, 15) is 4.79 Å². The van der Waals surface area contributed by atoms with Gasteiger partial charge in [-0.2, -0.15) is 0 Å². The van der Waals surface area contributed by atoms with Gasteiger partial charge in [-0.05, 0) is 30.7 Å². The minimum absolute atomic E-state index is 0.0256. The fourth-order valence-corrected chi connectivity index (χ4v) is 4.37. The quantitative estimate of drug-likeness (QED) is 0.510. The van der Waals surface area contributed by atoms with Crippen molar-refractivity contribution in [2.24, 2.45) is 5.73 Å². The molecule has 0 aliphatic carbocycles. The van der Waals surface area contributed by atoms with Crippen LogP contribution in [0, 0.1) is 17.7 Å². The predicted octanol–water partition coefficient (Wildman–Crippen LogP) is 2.59. The highest BCUT2D eigenvalue weighted by Crippen LogP contribution is 2.31. The number of rotatable bonds is 5. The molecule has 0 radical (unpaired) electrons. The van der Waals surface area contributed by atoms with E-state index < -0.39 is 11.7 Å². The van der Waals surface area contributed by atoms with Gasteiger partial charge in [-0.1, -0.05) is 30.4 Å². The number of hydrogen-bond donors (Lipinski definition) is 2. The molecule has 186 valence electrons. The standard InChI is InChI=1S/C26H27ClFN7O/c1-2-22-19(5-3-17-4-6-23(30)31-15-17)25(33-16-32-22)18-13-20(27)24(21(28)14-18)26(36)35-11-9-34(8-7-29)10-12-35/h4,6,13-16H,2,7-12,29H2,1H3,(H2,30,31). The topological polar surface area (TPSA) is 114 Å². The van der Waals surface area contributed by atoms with E-state index >= 15 is 4.39 Å². The number of nitrogens with two attached hydrogens (primary N) is 2. The smallest absolute Gasteiger partial charge is 0.258 e. The average molecular weight is 508 g/mol. The maximum Gasteiger partial charge on any atom is 0.258 e. The Bertz CT molecular complexity index is 1290. The predicted molar refractivity (Wildman–Crippen MR) is 138 cm³/mol. The summed E-state index contributed by atoms with van der Waals surface area (Å²) in [5, 5.41) is 0.0256. The number of hydrogen-bond acceptors (Lipinski definition) is 7. The van der Waals surface area contributed by atoms with E-state index in [1.807, 2.05) is 6.92 Å². The van der Waals surface area contributed by atoms with Gasteiger partial charge in [0.15, 0.2) is 0 Å². The number of aromatic nitrogens is 3. The molecule has 10 heteroatoms. The Kier molecular flexibility index (Phi) is 8.10. The molecule has 1 aliphatic heterocycles. The second-order valence-electron chi connectivity index (χ2n) is 8.36. The van der Waals surface area contributed by atoms with Crippen molar-refractivity contribution in [1.29, 1.82) is 0 Å². The first-order valence-corrected chi connectivity index (χ1v) is 12.1. The molecule has 2 aromatic heterocycles. The minimum atomic E-state index is -0.704. The molecular weight excluding hydrogens is 481 g/mol. The largest absolute Gasteiger partial charge is 0.384 e. The van der Waals surface area contributed by atoms with Crippen LogP contribution in [0.25, 0.3) is 11.3 Å². The molecule has 1 aliphatic rings. The molecule has 0 atom stereocenters. The van der Waals surface area contributed by atoms with Crippen LogP contribution in [0.1, 0.15) is 34.1 Å². The molecule has 4 N–H and O–H groups in total. The van der Waals surface area contributed by atoms with Gasteiger partial charge in [-0.15, -0.1) is 0 Å². The Morgan fingerprint density at radius 2 is 1.92 bits per heavy atom. The SMILES string of the molecule is CCc1ncnc(-c2cc(F)c(C(=O)N3CCN(CCN)CC3)c(Cl)c2)c1C#Cc1ccc(N)nc1. The number of benzene rings is 1. The van der Waals surface area contributed by atoms with Crippen LogP contribution in [-0.4, -0.2) is 69.9 Å². The molecule has 3 heterocycles. The van der Waals surface area contributed by atoms with E-state index in [1.165, 1.54) is 12.4 Å². The molecule has 0 bridgehead atoms. The van der Waals surface area contributed by atoms with Gasteiger partial charge >= 0.3 is 0 Å². The fraction of sp³-hybridized carbons (Fsp3) is 0.308. The highest BCUT2D eigenvalue weighted by Gasteiger charge is 2.27. The van der Waals surface area contributed by atoms with E-state index in [2.05, 4.69) is 31.7 Å². The van der Waals surface area contributed by atoms with Crippen LogP contribution in [0.5, 0.6) is 0 Å². The fourth-order valence-electron chi connectivity index (χ4n) is 4.08. The molecule has 1 aromatic carbocycles. The molecule has 4 rings (SSSR count). The number of amides is 1. The van der Waals surface area contributed by atoms with Crippen molar-refractivity contribution in [3.8, 4) is 23.1 Å². The number of halogens is 2. The number of carbonyl (C=O) groups excluding carboxylic acids is 1. The number of nitrogen functional groups attached to an aromatic ring is 1. The minimum Gasteiger partial charge on any atom is -0.384 e. The summed E-state index contributed by atoms with van der Waals surface area (Å²) in [6, 6.07) is 6.26. The van der Waals surface area contributed by atoms with Gasteiger partial charge in [0.2, 0.25) is 0 Å². The van der Waals surface area contributed by atoms with Crippen LogP contribution in [0.15, 0.2) is 36.8 Å². The molecule has 1 fully saturated rings. The van der Waals surface area contributed by atoms with Crippen molar-refractivity contribution >= 4 is 23.3 Å². The van der Waals surface area contributed by atoms with Crippen molar-refractivity contribution < 1.29 is 9.18 Å². The number of anilines is 1. The van der Waals surface area contributed by atoms with Gasteiger partial charge in [-0.3, -0.25) is 9.69 Å². The van der Waals surface area contributed by atoms with Crippen LogP contribution in [0.2, 0.25) is 5.02 Å². The van der Waals surface area contributed by atoms with E-state index in [0.29, 0.717) is 73.0 Å². The summed E-state index contributed by atoms with van der Waals surface area (Å²) in [6.07, 6.45) is 3.59. The van der Waals surface area contributed by atoms with E-state index in [4.69, 9.17) is 23.1 Å². The van der Waals surface area contributed by atoms with Crippen molar-refractivity contribution in [3.05, 3.63) is 70.0 Å². The van der Waals surface area contributed by atoms with Gasteiger partial charge in [0.25, 0.3) is 5.91 Å². The van der Waals surface area contributed by atoms with Gasteiger partial charge in [-0.25, -0.2) is 19.3 Å². The van der Waals surface area contributed by atoms with Crippen molar-refractivity contribution in [2.75, 3.05) is 45.0 Å². The Labute approximate surface area is 214 Å². The van der Waals surface area contributed by atoms with Crippen LogP contribution in [0.3, 0.4) is 0 Å². The lowest BCUT2D eigenvalue weighted by Crippen LogP contribution is -2.49. The summed E-state index contributed by atoms with van der Waals surface area (Å²) in [6.45, 7) is 5.62. The third-order valence-electron chi connectivity index (χ3n) is 6.01. The number of aryl methyl sites for hydroxylation is 1. The van der Waals surface area contributed by atoms with Gasteiger partial charge in [0.1, 0.15) is 18.0 Å². The number of piperazine rings is 1. The Hall–Kier alpha value is -3.58. The number of carbonyl (C=O) groups is 1. The normalized spacial score (nSPS) is 13.8. The van der Waals surface area contributed by atoms with Crippen LogP contribution < -0.4 is 11.5 Å². The zero-order chi connectivity index (χ0) is 25.7. The van der Waals surface area contributed by atoms with Crippen molar-refractivity contribution in [2.45, 2.75) is 13.3 Å². The molecule has 3 aromatic rings. The lowest BCUT2D eigenvalue weighted by molar-refractivity contribution is 0.0636. The van der Waals surface area contributed by atoms with Crippen molar-refractivity contribution in [3.63, 3.8) is 0 Å². The Morgan fingerprint density at radius 1 is 1.14 bits per heavy atom. The number of nitrogens with zero attached hydrogens (tertiary/aromatic N) is 5. The summed E-state index contributed by atoms with van der Waals surface area (Å²) >= 11 is 6.48. The molecule has 36 heavy (non-hydrogen) atoms. The summed E-state index contributed by atoms with van der Waals surface area (Å²) in [7, 11) is 0. The summed E-state index contributed by atoms with van der Waals surface area (Å²) in [5.74, 6) is 5.41. The molecule has 8 nitrogen and oxygen atoms in total. The van der Waals surface area contributed by atoms with E-state index in [1.54, 1.807) is 29.3 Å². The highest BCUT2D eigenvalue weighted by molar-refractivity contribution is 6.34. The number of pyridine rings is 1. The Morgan fingerprint density at radius 3 is 2.56 bits per heavy atom. The van der Waals surface area contributed by atoms with Gasteiger partial charge < -0.3 is 16.4 Å². The van der Waals surface area contributed by atoms with Crippen LogP contribution >= 0.6 is 11.6 Å². The molecular formula is C26H27ClFN7O. The van der Waals surface area contributed by atoms with Crippen LogP contribution in [-0.2, 0) is 6.42 Å². The van der Waals surface area contributed by atoms with Gasteiger partial charge in [0.05, 0.1) is 27.5 Å². The zero-order valence-corrected chi connectivity index (χ0v) is 20.7. The molecule has 1 saturated heterocycles. The van der Waals surface area contributed by atoms with Crippen molar-refractivity contribution in [1.82, 2.24) is 24.8 Å². The third kappa shape index (κ3) is 5.62. The Balaban J connectivity index is 1.66. The van der Waals surface area contributed by atoms with E-state index in [0.717, 1.165) is 6.54 Å². The second-order valence-corrected chi connectivity index (χ2v) is 8.76. The lowest BCUT2D eigenvalue weighted by atomic mass is 10.0. The first kappa shape index (κ1) is 25.5.